The van der Waals surface area contributed by atoms with Crippen LogP contribution in [0.1, 0.15) is 39.9 Å². The third kappa shape index (κ3) is 4.15. The molecule has 3 aromatic rings. The number of rotatable bonds is 4. The summed E-state index contributed by atoms with van der Waals surface area (Å²) in [6.45, 7) is 7.65. The molecule has 1 aromatic heterocycles. The highest BCUT2D eigenvalue weighted by Gasteiger charge is 2.30. The fraction of sp³-hybridized carbons (Fsp3) is 0.182. The van der Waals surface area contributed by atoms with Crippen molar-refractivity contribution < 1.29 is 13.2 Å². The molecule has 0 spiro atoms. The molecule has 0 N–H and O–H groups in total. The molecule has 0 aliphatic rings. The highest BCUT2D eigenvalue weighted by molar-refractivity contribution is 7.15. The highest BCUT2D eigenvalue weighted by atomic mass is 32.1. The Morgan fingerprint density at radius 1 is 1.21 bits per heavy atom. The largest absolute Gasteiger partial charge is 0.416 e. The maximum atomic E-state index is 12.9. The SMILES string of the molecule is C=C(C)c1cc(-c2sc(Cc3cccc(C(F)(F)F)c3)nc2C)ccc1C#N. The van der Waals surface area contributed by atoms with Gasteiger partial charge in [0, 0.05) is 6.42 Å². The summed E-state index contributed by atoms with van der Waals surface area (Å²) in [4.78, 5) is 5.48. The van der Waals surface area contributed by atoms with Crippen LogP contribution < -0.4 is 0 Å². The van der Waals surface area contributed by atoms with Gasteiger partial charge in [-0.15, -0.1) is 11.3 Å². The molecule has 6 heteroatoms. The van der Waals surface area contributed by atoms with E-state index in [-0.39, 0.29) is 0 Å². The summed E-state index contributed by atoms with van der Waals surface area (Å²) in [6, 6.07) is 13.0. The molecule has 0 fully saturated rings. The first kappa shape index (κ1) is 19.8. The van der Waals surface area contributed by atoms with Crippen molar-refractivity contribution in [1.29, 1.82) is 5.26 Å². The Hall–Kier alpha value is -2.91. The minimum absolute atomic E-state index is 0.332. The predicted octanol–water partition coefficient (Wildman–Crippen LogP) is 6.63. The van der Waals surface area contributed by atoms with E-state index in [1.165, 1.54) is 17.4 Å². The lowest BCUT2D eigenvalue weighted by Crippen LogP contribution is -2.05. The molecule has 1 heterocycles. The molecule has 2 aromatic carbocycles. The van der Waals surface area contributed by atoms with Gasteiger partial charge >= 0.3 is 6.18 Å². The summed E-state index contributed by atoms with van der Waals surface area (Å²) in [5.74, 6) is 0. The number of nitriles is 1. The van der Waals surface area contributed by atoms with Crippen LogP contribution in [-0.4, -0.2) is 4.98 Å². The number of benzene rings is 2. The average Bonchev–Trinajstić information content (AvgIpc) is 3.00. The van der Waals surface area contributed by atoms with E-state index in [1.54, 1.807) is 12.1 Å². The molecule has 142 valence electrons. The van der Waals surface area contributed by atoms with Gasteiger partial charge in [-0.05, 0) is 54.3 Å². The van der Waals surface area contributed by atoms with Crippen LogP contribution in [0.4, 0.5) is 13.2 Å². The normalized spacial score (nSPS) is 11.3. The summed E-state index contributed by atoms with van der Waals surface area (Å²) in [5.41, 5.74) is 3.78. The fourth-order valence-corrected chi connectivity index (χ4v) is 4.06. The van der Waals surface area contributed by atoms with Crippen LogP contribution >= 0.6 is 11.3 Å². The Balaban J connectivity index is 1.94. The molecule has 0 saturated heterocycles. The van der Waals surface area contributed by atoms with Gasteiger partial charge in [-0.1, -0.05) is 30.8 Å². The van der Waals surface area contributed by atoms with Gasteiger partial charge in [0.2, 0.25) is 0 Å². The van der Waals surface area contributed by atoms with E-state index in [0.29, 0.717) is 17.5 Å². The number of nitrogens with zero attached hydrogens (tertiary/aromatic N) is 2. The van der Waals surface area contributed by atoms with Crippen LogP contribution in [0.3, 0.4) is 0 Å². The molecule has 0 amide bonds. The number of alkyl halides is 3. The minimum atomic E-state index is -4.36. The summed E-state index contributed by atoms with van der Waals surface area (Å²) < 4.78 is 38.8. The monoisotopic (exact) mass is 398 g/mol. The predicted molar refractivity (Wildman–Crippen MR) is 106 cm³/mol. The standard InChI is InChI=1S/C22H17F3N2S/c1-13(2)19-11-16(7-8-17(19)12-26)21-14(3)27-20(28-21)10-15-5-4-6-18(9-15)22(23,24)25/h4-9,11H,1,10H2,2-3H3. The van der Waals surface area contributed by atoms with Gasteiger partial charge in [0.1, 0.15) is 0 Å². The number of aryl methyl sites for hydroxylation is 1. The van der Waals surface area contributed by atoms with E-state index in [1.807, 2.05) is 26.0 Å². The Kier molecular flexibility index (Phi) is 5.39. The smallest absolute Gasteiger partial charge is 0.246 e. The lowest BCUT2D eigenvalue weighted by molar-refractivity contribution is -0.137. The van der Waals surface area contributed by atoms with Gasteiger partial charge < -0.3 is 0 Å². The van der Waals surface area contributed by atoms with Crippen molar-refractivity contribution in [1.82, 2.24) is 4.98 Å². The van der Waals surface area contributed by atoms with Crippen molar-refractivity contribution in [3.63, 3.8) is 0 Å². The molecule has 0 saturated carbocycles. The van der Waals surface area contributed by atoms with Gasteiger partial charge in [0.05, 0.1) is 32.8 Å². The second-order valence-electron chi connectivity index (χ2n) is 6.55. The average molecular weight is 398 g/mol. The first-order valence-electron chi connectivity index (χ1n) is 8.52. The third-order valence-electron chi connectivity index (χ3n) is 4.31. The first-order chi connectivity index (χ1) is 13.2. The zero-order valence-electron chi connectivity index (χ0n) is 15.4. The van der Waals surface area contributed by atoms with Crippen molar-refractivity contribution in [3.05, 3.63) is 82.0 Å². The van der Waals surface area contributed by atoms with Gasteiger partial charge in [0.25, 0.3) is 0 Å². The zero-order valence-corrected chi connectivity index (χ0v) is 16.2. The zero-order chi connectivity index (χ0) is 20.5. The van der Waals surface area contributed by atoms with Gasteiger partial charge in [0.15, 0.2) is 0 Å². The van der Waals surface area contributed by atoms with Gasteiger partial charge in [-0.2, -0.15) is 18.4 Å². The first-order valence-corrected chi connectivity index (χ1v) is 9.33. The van der Waals surface area contributed by atoms with Crippen molar-refractivity contribution in [2.75, 3.05) is 0 Å². The minimum Gasteiger partial charge on any atom is -0.246 e. The van der Waals surface area contributed by atoms with Gasteiger partial charge in [-0.25, -0.2) is 4.98 Å². The topological polar surface area (TPSA) is 36.7 Å². The molecule has 28 heavy (non-hydrogen) atoms. The molecule has 0 aliphatic heterocycles. The summed E-state index contributed by atoms with van der Waals surface area (Å²) in [7, 11) is 0. The molecule has 0 radical (unpaired) electrons. The van der Waals surface area contributed by atoms with E-state index in [9.17, 15) is 18.4 Å². The van der Waals surface area contributed by atoms with E-state index in [2.05, 4.69) is 17.6 Å². The van der Waals surface area contributed by atoms with E-state index in [0.717, 1.165) is 44.4 Å². The molecular formula is C22H17F3N2S. The highest BCUT2D eigenvalue weighted by Crippen LogP contribution is 2.34. The number of hydrogen-bond acceptors (Lipinski definition) is 3. The Labute approximate surface area is 165 Å². The lowest BCUT2D eigenvalue weighted by atomic mass is 9.99. The lowest BCUT2D eigenvalue weighted by Gasteiger charge is -2.07. The maximum absolute atomic E-state index is 12.9. The van der Waals surface area contributed by atoms with Crippen LogP contribution in [0.25, 0.3) is 16.0 Å². The number of halogens is 3. The second-order valence-corrected chi connectivity index (χ2v) is 7.63. The van der Waals surface area contributed by atoms with E-state index >= 15 is 0 Å². The number of aromatic nitrogens is 1. The van der Waals surface area contributed by atoms with Crippen molar-refractivity contribution >= 4 is 16.9 Å². The summed E-state index contributed by atoms with van der Waals surface area (Å²) in [6.07, 6.45) is -4.03. The molecule has 3 rings (SSSR count). The summed E-state index contributed by atoms with van der Waals surface area (Å²) >= 11 is 1.45. The molecule has 0 atom stereocenters. The number of thiazole rings is 1. The Morgan fingerprint density at radius 3 is 2.61 bits per heavy atom. The van der Waals surface area contributed by atoms with Gasteiger partial charge in [-0.3, -0.25) is 0 Å². The van der Waals surface area contributed by atoms with Crippen LogP contribution in [0.15, 0.2) is 49.0 Å². The quantitative estimate of drug-likeness (QED) is 0.494. The maximum Gasteiger partial charge on any atom is 0.416 e. The van der Waals surface area contributed by atoms with Crippen molar-refractivity contribution in [3.8, 4) is 16.5 Å². The molecule has 0 unspecified atom stereocenters. The molecular weight excluding hydrogens is 381 g/mol. The van der Waals surface area contributed by atoms with E-state index in [4.69, 9.17) is 0 Å². The van der Waals surface area contributed by atoms with Crippen LogP contribution in [0, 0.1) is 18.3 Å². The Morgan fingerprint density at radius 2 is 1.96 bits per heavy atom. The summed E-state index contributed by atoms with van der Waals surface area (Å²) in [5, 5.41) is 9.99. The van der Waals surface area contributed by atoms with Crippen LogP contribution in [0.2, 0.25) is 0 Å². The molecule has 0 bridgehead atoms. The molecule has 0 aliphatic carbocycles. The van der Waals surface area contributed by atoms with Crippen molar-refractivity contribution in [2.45, 2.75) is 26.4 Å². The van der Waals surface area contributed by atoms with E-state index < -0.39 is 11.7 Å². The van der Waals surface area contributed by atoms with Crippen LogP contribution in [0.5, 0.6) is 0 Å². The van der Waals surface area contributed by atoms with Crippen molar-refractivity contribution in [2.24, 2.45) is 0 Å². The Bertz CT molecular complexity index is 1090. The number of hydrogen-bond donors (Lipinski definition) is 0. The third-order valence-corrected chi connectivity index (χ3v) is 5.52. The molecule has 2 nitrogen and oxygen atoms in total. The second kappa shape index (κ2) is 7.61. The number of allylic oxidation sites excluding steroid dienone is 1. The van der Waals surface area contributed by atoms with Crippen LogP contribution in [-0.2, 0) is 12.6 Å². The fourth-order valence-electron chi connectivity index (χ4n) is 2.96.